The highest BCUT2D eigenvalue weighted by Crippen LogP contribution is 2.17. The predicted molar refractivity (Wildman–Crippen MR) is 57.7 cm³/mol. The molecule has 4 heteroatoms. The van der Waals surface area contributed by atoms with Crippen molar-refractivity contribution in [3.8, 4) is 5.75 Å². The van der Waals surface area contributed by atoms with Crippen LogP contribution in [0.25, 0.3) is 0 Å². The van der Waals surface area contributed by atoms with Gasteiger partial charge in [0.15, 0.2) is 5.96 Å². The third kappa shape index (κ3) is 3.35. The Morgan fingerprint density at radius 3 is 2.43 bits per heavy atom. The monoisotopic (exact) mass is 193 g/mol. The molecule has 0 fully saturated rings. The standard InChI is InChI=1S/C10H15N3O/c1-2-7-14-9-5-3-8(4-6-9)13-10(11)12/h3-6H,2,7H2,1H3,(H4,11,12,13). The lowest BCUT2D eigenvalue weighted by Crippen LogP contribution is -2.21. The lowest BCUT2D eigenvalue weighted by molar-refractivity contribution is 0.317. The van der Waals surface area contributed by atoms with Crippen molar-refractivity contribution < 1.29 is 4.74 Å². The van der Waals surface area contributed by atoms with Gasteiger partial charge in [-0.25, -0.2) is 4.99 Å². The summed E-state index contributed by atoms with van der Waals surface area (Å²) in [5, 5.41) is 0. The molecule has 0 unspecified atom stereocenters. The fraction of sp³-hybridized carbons (Fsp3) is 0.300. The first-order valence-electron chi connectivity index (χ1n) is 4.55. The van der Waals surface area contributed by atoms with Crippen LogP contribution >= 0.6 is 0 Å². The van der Waals surface area contributed by atoms with E-state index in [0.29, 0.717) is 0 Å². The van der Waals surface area contributed by atoms with Gasteiger partial charge in [0, 0.05) is 0 Å². The average Bonchev–Trinajstić information content (AvgIpc) is 2.16. The highest BCUT2D eigenvalue weighted by atomic mass is 16.5. The van der Waals surface area contributed by atoms with Gasteiger partial charge in [0.25, 0.3) is 0 Å². The molecule has 0 heterocycles. The molecule has 4 N–H and O–H groups in total. The van der Waals surface area contributed by atoms with Crippen LogP contribution in [0.1, 0.15) is 13.3 Å². The molecular formula is C10H15N3O. The SMILES string of the molecule is CCCOc1ccc(N=C(N)N)cc1. The number of nitrogens with zero attached hydrogens (tertiary/aromatic N) is 1. The Morgan fingerprint density at radius 1 is 1.29 bits per heavy atom. The molecule has 0 aliphatic heterocycles. The van der Waals surface area contributed by atoms with Crippen molar-refractivity contribution in [3.05, 3.63) is 24.3 Å². The minimum atomic E-state index is 0.0622. The van der Waals surface area contributed by atoms with Crippen LogP contribution in [0.5, 0.6) is 5.75 Å². The molecule has 4 nitrogen and oxygen atoms in total. The average molecular weight is 193 g/mol. The van der Waals surface area contributed by atoms with Gasteiger partial charge in [0.05, 0.1) is 12.3 Å². The van der Waals surface area contributed by atoms with E-state index in [1.807, 2.05) is 24.3 Å². The topological polar surface area (TPSA) is 73.6 Å². The van der Waals surface area contributed by atoms with E-state index in [0.717, 1.165) is 24.5 Å². The highest BCUT2D eigenvalue weighted by Gasteiger charge is 1.93. The number of rotatable bonds is 4. The van der Waals surface area contributed by atoms with Crippen molar-refractivity contribution in [2.75, 3.05) is 6.61 Å². The number of guanidine groups is 1. The van der Waals surface area contributed by atoms with E-state index in [9.17, 15) is 0 Å². The van der Waals surface area contributed by atoms with Crippen LogP contribution in [0.2, 0.25) is 0 Å². The van der Waals surface area contributed by atoms with Gasteiger partial charge in [-0.3, -0.25) is 0 Å². The minimum absolute atomic E-state index is 0.0622. The molecule has 0 saturated heterocycles. The molecule has 0 bridgehead atoms. The third-order valence-corrected chi connectivity index (χ3v) is 1.57. The summed E-state index contributed by atoms with van der Waals surface area (Å²) in [6.07, 6.45) is 0.996. The lowest BCUT2D eigenvalue weighted by atomic mass is 10.3. The van der Waals surface area contributed by atoms with Crippen LogP contribution in [0, 0.1) is 0 Å². The van der Waals surface area contributed by atoms with E-state index >= 15 is 0 Å². The molecule has 0 amide bonds. The Kier molecular flexibility index (Phi) is 3.79. The zero-order chi connectivity index (χ0) is 10.4. The molecule has 1 rings (SSSR count). The summed E-state index contributed by atoms with van der Waals surface area (Å²) in [7, 11) is 0. The summed E-state index contributed by atoms with van der Waals surface area (Å²) in [5.74, 6) is 0.897. The normalized spacial score (nSPS) is 9.50. The number of aliphatic imine (C=N–C) groups is 1. The van der Waals surface area contributed by atoms with Crippen LogP contribution in [0.15, 0.2) is 29.3 Å². The smallest absolute Gasteiger partial charge is 0.191 e. The van der Waals surface area contributed by atoms with Gasteiger partial charge in [-0.05, 0) is 30.7 Å². The number of benzene rings is 1. The molecule has 76 valence electrons. The second kappa shape index (κ2) is 5.11. The fourth-order valence-corrected chi connectivity index (χ4v) is 0.986. The summed E-state index contributed by atoms with van der Waals surface area (Å²) in [5.41, 5.74) is 11.2. The maximum Gasteiger partial charge on any atom is 0.191 e. The van der Waals surface area contributed by atoms with Gasteiger partial charge in [-0.15, -0.1) is 0 Å². The van der Waals surface area contributed by atoms with Crippen LogP contribution in [0.3, 0.4) is 0 Å². The maximum atomic E-state index is 5.40. The molecule has 1 aromatic carbocycles. The second-order valence-electron chi connectivity index (χ2n) is 2.88. The van der Waals surface area contributed by atoms with E-state index in [1.54, 1.807) is 0 Å². The van der Waals surface area contributed by atoms with Crippen molar-refractivity contribution in [1.82, 2.24) is 0 Å². The van der Waals surface area contributed by atoms with Crippen LogP contribution in [-0.4, -0.2) is 12.6 Å². The molecule has 0 atom stereocenters. The predicted octanol–water partition coefficient (Wildman–Crippen LogP) is 1.38. The Morgan fingerprint density at radius 2 is 1.93 bits per heavy atom. The molecule has 0 aliphatic rings. The van der Waals surface area contributed by atoms with Crippen molar-refractivity contribution in [2.45, 2.75) is 13.3 Å². The van der Waals surface area contributed by atoms with Crippen LogP contribution < -0.4 is 16.2 Å². The van der Waals surface area contributed by atoms with E-state index < -0.39 is 0 Å². The van der Waals surface area contributed by atoms with Gasteiger partial charge in [0.2, 0.25) is 0 Å². The lowest BCUT2D eigenvalue weighted by Gasteiger charge is -2.03. The van der Waals surface area contributed by atoms with Crippen LogP contribution in [0.4, 0.5) is 5.69 Å². The minimum Gasteiger partial charge on any atom is -0.494 e. The highest BCUT2D eigenvalue weighted by molar-refractivity contribution is 5.78. The van der Waals surface area contributed by atoms with Gasteiger partial charge in [0.1, 0.15) is 5.75 Å². The number of hydrogen-bond acceptors (Lipinski definition) is 2. The molecule has 0 saturated carbocycles. The summed E-state index contributed by atoms with van der Waals surface area (Å²) in [6.45, 7) is 2.79. The quantitative estimate of drug-likeness (QED) is 0.560. The van der Waals surface area contributed by atoms with Crippen molar-refractivity contribution >= 4 is 11.6 Å². The van der Waals surface area contributed by atoms with E-state index in [1.165, 1.54) is 0 Å². The van der Waals surface area contributed by atoms with Gasteiger partial charge in [-0.1, -0.05) is 6.92 Å². The fourth-order valence-electron chi connectivity index (χ4n) is 0.986. The molecule has 0 aliphatic carbocycles. The van der Waals surface area contributed by atoms with Crippen molar-refractivity contribution in [3.63, 3.8) is 0 Å². The van der Waals surface area contributed by atoms with Crippen molar-refractivity contribution in [1.29, 1.82) is 0 Å². The largest absolute Gasteiger partial charge is 0.494 e. The Labute approximate surface area is 83.6 Å². The number of ether oxygens (including phenoxy) is 1. The Bertz CT molecular complexity index is 302. The maximum absolute atomic E-state index is 5.40. The summed E-state index contributed by atoms with van der Waals surface area (Å²) >= 11 is 0. The molecule has 1 aromatic rings. The first kappa shape index (κ1) is 10.4. The van der Waals surface area contributed by atoms with E-state index in [4.69, 9.17) is 16.2 Å². The first-order valence-corrected chi connectivity index (χ1v) is 4.55. The van der Waals surface area contributed by atoms with Crippen LogP contribution in [-0.2, 0) is 0 Å². The number of nitrogens with two attached hydrogens (primary N) is 2. The summed E-state index contributed by atoms with van der Waals surface area (Å²) < 4.78 is 5.40. The van der Waals surface area contributed by atoms with Gasteiger partial charge >= 0.3 is 0 Å². The molecule has 14 heavy (non-hydrogen) atoms. The van der Waals surface area contributed by atoms with E-state index in [2.05, 4.69) is 11.9 Å². The van der Waals surface area contributed by atoms with E-state index in [-0.39, 0.29) is 5.96 Å². The summed E-state index contributed by atoms with van der Waals surface area (Å²) in [6, 6.07) is 7.31. The molecule has 0 spiro atoms. The zero-order valence-electron chi connectivity index (χ0n) is 8.23. The summed E-state index contributed by atoms with van der Waals surface area (Å²) in [4.78, 5) is 3.90. The number of hydrogen-bond donors (Lipinski definition) is 2. The molecule has 0 aromatic heterocycles. The van der Waals surface area contributed by atoms with Gasteiger partial charge in [-0.2, -0.15) is 0 Å². The second-order valence-corrected chi connectivity index (χ2v) is 2.88. The Hall–Kier alpha value is -1.71. The first-order chi connectivity index (χ1) is 6.72. The van der Waals surface area contributed by atoms with Gasteiger partial charge < -0.3 is 16.2 Å². The zero-order valence-corrected chi connectivity index (χ0v) is 8.23. The third-order valence-electron chi connectivity index (χ3n) is 1.57. The molecular weight excluding hydrogens is 178 g/mol. The molecule has 0 radical (unpaired) electrons. The van der Waals surface area contributed by atoms with Crippen molar-refractivity contribution in [2.24, 2.45) is 16.5 Å². The Balaban J connectivity index is 2.64.